The molecule has 0 bridgehead atoms. The Kier molecular flexibility index (Phi) is 8.46. The molecule has 12 heteroatoms. The number of hydrogen-bond donors (Lipinski definition) is 1. The van der Waals surface area contributed by atoms with Crippen LogP contribution in [-0.4, -0.2) is 76.5 Å². The van der Waals surface area contributed by atoms with E-state index in [1.165, 1.54) is 23.2 Å². The Morgan fingerprint density at radius 3 is 2.38 bits per heavy atom. The number of likely N-dealkylation sites (tertiary alicyclic amines) is 1. The molecule has 2 aliphatic heterocycles. The highest BCUT2D eigenvalue weighted by Crippen LogP contribution is 2.33. The van der Waals surface area contributed by atoms with Crippen LogP contribution in [0.3, 0.4) is 0 Å². The molecule has 0 aliphatic carbocycles. The number of aromatic nitrogens is 1. The third-order valence-corrected chi connectivity index (χ3v) is 9.10. The lowest BCUT2D eigenvalue weighted by atomic mass is 10.1. The molecular formula is C30H30N4O7S. The lowest BCUT2D eigenvalue weighted by molar-refractivity contribution is -0.138. The van der Waals surface area contributed by atoms with Crippen molar-refractivity contribution in [1.29, 1.82) is 0 Å². The van der Waals surface area contributed by atoms with E-state index in [4.69, 9.17) is 4.74 Å². The lowest BCUT2D eigenvalue weighted by Gasteiger charge is -2.28. The van der Waals surface area contributed by atoms with Gasteiger partial charge in [-0.25, -0.2) is 8.42 Å². The number of hydrogen-bond acceptors (Lipinski definition) is 8. The van der Waals surface area contributed by atoms with E-state index in [2.05, 4.69) is 10.3 Å². The topological polar surface area (TPSA) is 143 Å². The first kappa shape index (κ1) is 29.1. The Labute approximate surface area is 243 Å². The number of carbonyl (C=O) groups is 4. The van der Waals surface area contributed by atoms with Gasteiger partial charge in [0, 0.05) is 24.5 Å². The van der Waals surface area contributed by atoms with Crippen molar-refractivity contribution in [2.24, 2.45) is 0 Å². The minimum Gasteiger partial charge on any atom is -0.457 e. The van der Waals surface area contributed by atoms with Gasteiger partial charge >= 0.3 is 0 Å². The molecule has 3 atom stereocenters. The zero-order chi connectivity index (χ0) is 29.9. The first-order valence-electron chi connectivity index (χ1n) is 13.6. The second kappa shape index (κ2) is 12.2. The fraction of sp³-hybridized carbons (Fsp3) is 0.300. The van der Waals surface area contributed by atoms with Gasteiger partial charge in [-0.15, -0.1) is 0 Å². The van der Waals surface area contributed by atoms with Crippen LogP contribution in [-0.2, 0) is 19.6 Å². The third-order valence-electron chi connectivity index (χ3n) is 7.38. The number of carbonyl (C=O) groups excluding carboxylic acids is 4. The fourth-order valence-corrected chi connectivity index (χ4v) is 6.87. The number of para-hydroxylation sites is 1. The standard InChI is InChI=1S/C30H30N4O7S/c1-2-7-24(32-28(36)20-11-13-23(14-12-20)41-22-9-4-3-5-10-22)29(37)33-17-15-25-27(33)26(35)19-34(25)42(39,40)30(38)21-8-6-16-31-18-21/h3-6,8-14,16,18,24-25,27H,2,7,15,17,19H2,1H3,(H,32,36). The summed E-state index contributed by atoms with van der Waals surface area (Å²) in [5, 5.41) is 1.63. The molecule has 5 rings (SSSR count). The number of nitrogens with zero attached hydrogens (tertiary/aromatic N) is 3. The van der Waals surface area contributed by atoms with Gasteiger partial charge in [-0.2, -0.15) is 4.31 Å². The minimum absolute atomic E-state index is 0.107. The van der Waals surface area contributed by atoms with E-state index in [1.807, 2.05) is 37.3 Å². The van der Waals surface area contributed by atoms with Crippen LogP contribution in [0.2, 0.25) is 0 Å². The van der Waals surface area contributed by atoms with Crippen molar-refractivity contribution in [2.75, 3.05) is 13.1 Å². The molecule has 42 heavy (non-hydrogen) atoms. The minimum atomic E-state index is -4.52. The monoisotopic (exact) mass is 590 g/mol. The number of sulfonamides is 1. The Bertz CT molecular complexity index is 1580. The Morgan fingerprint density at radius 2 is 1.71 bits per heavy atom. The van der Waals surface area contributed by atoms with Crippen molar-refractivity contribution in [3.05, 3.63) is 90.3 Å². The van der Waals surface area contributed by atoms with Gasteiger partial charge in [-0.1, -0.05) is 31.5 Å². The highest BCUT2D eigenvalue weighted by atomic mass is 32.2. The first-order chi connectivity index (χ1) is 20.2. The number of ether oxygens (including phenoxy) is 1. The summed E-state index contributed by atoms with van der Waals surface area (Å²) in [6.45, 7) is 1.48. The van der Waals surface area contributed by atoms with Crippen LogP contribution >= 0.6 is 0 Å². The lowest BCUT2D eigenvalue weighted by Crippen LogP contribution is -2.52. The normalized spacial score (nSPS) is 19.3. The van der Waals surface area contributed by atoms with Gasteiger partial charge in [0.1, 0.15) is 23.6 Å². The van der Waals surface area contributed by atoms with Crippen molar-refractivity contribution >= 4 is 32.7 Å². The summed E-state index contributed by atoms with van der Waals surface area (Å²) in [5.74, 6) is -0.200. The Balaban J connectivity index is 1.27. The quantitative estimate of drug-likeness (QED) is 0.401. The summed E-state index contributed by atoms with van der Waals surface area (Å²) in [7, 11) is -4.52. The molecule has 0 radical (unpaired) electrons. The van der Waals surface area contributed by atoms with E-state index >= 15 is 0 Å². The molecule has 3 aromatic rings. The number of fused-ring (bicyclic) bond motifs is 1. The SMILES string of the molecule is CCCC(NC(=O)c1ccc(Oc2ccccc2)cc1)C(=O)N1CCC2C1C(=O)CN2S(=O)(=O)C(=O)c1cccnc1. The number of pyridine rings is 1. The molecule has 2 saturated heterocycles. The van der Waals surface area contributed by atoms with Crippen molar-refractivity contribution in [1.82, 2.24) is 19.5 Å². The van der Waals surface area contributed by atoms with Crippen LogP contribution in [0.15, 0.2) is 79.1 Å². The molecule has 11 nitrogen and oxygen atoms in total. The van der Waals surface area contributed by atoms with Crippen molar-refractivity contribution < 1.29 is 32.3 Å². The molecule has 2 aromatic carbocycles. The van der Waals surface area contributed by atoms with Crippen LogP contribution in [0.5, 0.6) is 11.5 Å². The van der Waals surface area contributed by atoms with Crippen LogP contribution in [0.4, 0.5) is 0 Å². The van der Waals surface area contributed by atoms with Crippen LogP contribution in [0.1, 0.15) is 46.9 Å². The predicted molar refractivity (Wildman–Crippen MR) is 152 cm³/mol. The zero-order valence-corrected chi connectivity index (χ0v) is 23.7. The van der Waals surface area contributed by atoms with Crippen molar-refractivity contribution in [3.63, 3.8) is 0 Å². The molecule has 218 valence electrons. The van der Waals surface area contributed by atoms with Crippen LogP contribution < -0.4 is 10.1 Å². The second-order valence-corrected chi connectivity index (χ2v) is 11.9. The largest absolute Gasteiger partial charge is 0.457 e. The average Bonchev–Trinajstić information content (AvgIpc) is 3.59. The summed E-state index contributed by atoms with van der Waals surface area (Å²) in [6.07, 6.45) is 3.67. The second-order valence-electron chi connectivity index (χ2n) is 10.1. The summed E-state index contributed by atoms with van der Waals surface area (Å²) in [6, 6.07) is 15.7. The first-order valence-corrected chi connectivity index (χ1v) is 15.1. The van der Waals surface area contributed by atoms with Gasteiger partial charge in [-0.05, 0) is 61.4 Å². The molecule has 1 N–H and O–H groups in total. The van der Waals surface area contributed by atoms with E-state index in [1.54, 1.807) is 24.3 Å². The number of benzene rings is 2. The number of nitrogens with one attached hydrogen (secondary N) is 1. The Morgan fingerprint density at radius 1 is 1.00 bits per heavy atom. The highest BCUT2D eigenvalue weighted by Gasteiger charge is 2.55. The van der Waals surface area contributed by atoms with E-state index in [0.29, 0.717) is 29.9 Å². The summed E-state index contributed by atoms with van der Waals surface area (Å²) in [5.41, 5.74) is 0.219. The summed E-state index contributed by atoms with van der Waals surface area (Å²) in [4.78, 5) is 57.7. The summed E-state index contributed by atoms with van der Waals surface area (Å²) >= 11 is 0. The van der Waals surface area contributed by atoms with Gasteiger partial charge in [0.05, 0.1) is 18.2 Å². The van der Waals surface area contributed by atoms with Crippen molar-refractivity contribution in [2.45, 2.75) is 44.3 Å². The molecule has 3 unspecified atom stereocenters. The average molecular weight is 591 g/mol. The van der Waals surface area contributed by atoms with Gasteiger partial charge in [0.15, 0.2) is 5.78 Å². The predicted octanol–water partition coefficient (Wildman–Crippen LogP) is 2.80. The molecule has 2 aliphatic rings. The number of rotatable bonds is 9. The highest BCUT2D eigenvalue weighted by molar-refractivity contribution is 8.04. The van der Waals surface area contributed by atoms with E-state index in [0.717, 1.165) is 10.5 Å². The maximum absolute atomic E-state index is 13.7. The van der Waals surface area contributed by atoms with Gasteiger partial charge < -0.3 is 15.0 Å². The number of Topliss-reactive ketones (excluding diaryl/α,β-unsaturated/α-hetero) is 1. The van der Waals surface area contributed by atoms with Crippen LogP contribution in [0.25, 0.3) is 0 Å². The third kappa shape index (κ3) is 5.81. The molecule has 3 heterocycles. The van der Waals surface area contributed by atoms with E-state index in [9.17, 15) is 27.6 Å². The molecule has 0 spiro atoms. The maximum Gasteiger partial charge on any atom is 0.293 e. The Hall–Kier alpha value is -4.42. The smallest absolute Gasteiger partial charge is 0.293 e. The van der Waals surface area contributed by atoms with E-state index in [-0.39, 0.29) is 18.5 Å². The molecule has 1 aromatic heterocycles. The van der Waals surface area contributed by atoms with Gasteiger partial charge in [0.25, 0.3) is 21.0 Å². The molecule has 2 amide bonds. The van der Waals surface area contributed by atoms with Crippen LogP contribution in [0, 0.1) is 0 Å². The zero-order valence-electron chi connectivity index (χ0n) is 22.9. The number of ketones is 1. The number of amides is 2. The molecular weight excluding hydrogens is 560 g/mol. The fourth-order valence-electron chi connectivity index (χ4n) is 5.37. The van der Waals surface area contributed by atoms with Gasteiger partial charge in [-0.3, -0.25) is 24.2 Å². The van der Waals surface area contributed by atoms with Crippen molar-refractivity contribution in [3.8, 4) is 11.5 Å². The van der Waals surface area contributed by atoms with E-state index < -0.39 is 57.4 Å². The summed E-state index contributed by atoms with van der Waals surface area (Å²) < 4.78 is 33.0. The van der Waals surface area contributed by atoms with Gasteiger partial charge in [0.2, 0.25) is 5.91 Å². The molecule has 2 fully saturated rings. The molecule has 0 saturated carbocycles. The maximum atomic E-state index is 13.7.